The summed E-state index contributed by atoms with van der Waals surface area (Å²) in [6.07, 6.45) is 3.27. The second-order valence-electron chi connectivity index (χ2n) is 4.29. The van der Waals surface area contributed by atoms with Gasteiger partial charge in [-0.15, -0.1) is 0 Å². The number of aromatic nitrogens is 1. The van der Waals surface area contributed by atoms with Crippen molar-refractivity contribution in [3.05, 3.63) is 23.9 Å². The van der Waals surface area contributed by atoms with Crippen LogP contribution < -0.4 is 4.90 Å². The molecule has 0 atom stereocenters. The Morgan fingerprint density at radius 1 is 1.44 bits per heavy atom. The van der Waals surface area contributed by atoms with Gasteiger partial charge in [0.1, 0.15) is 5.82 Å². The summed E-state index contributed by atoms with van der Waals surface area (Å²) in [5, 5.41) is 8.90. The molecule has 0 aromatic carbocycles. The van der Waals surface area contributed by atoms with E-state index in [2.05, 4.69) is 9.88 Å². The van der Waals surface area contributed by atoms with Crippen molar-refractivity contribution in [2.75, 3.05) is 18.0 Å². The van der Waals surface area contributed by atoms with Crippen molar-refractivity contribution in [1.29, 1.82) is 0 Å². The number of pyridine rings is 1. The second kappa shape index (κ2) is 4.51. The fourth-order valence-electron chi connectivity index (χ4n) is 2.00. The zero-order valence-electron chi connectivity index (χ0n) is 9.39. The average Bonchev–Trinajstić information content (AvgIpc) is 2.30. The smallest absolute Gasteiger partial charge is 0.306 e. The minimum atomic E-state index is -0.670. The third kappa shape index (κ3) is 2.32. The third-order valence-corrected chi connectivity index (χ3v) is 3.06. The van der Waals surface area contributed by atoms with E-state index in [0.717, 1.165) is 24.5 Å². The highest BCUT2D eigenvalue weighted by Crippen LogP contribution is 2.21. The van der Waals surface area contributed by atoms with Gasteiger partial charge in [-0.1, -0.05) is 6.07 Å². The highest BCUT2D eigenvalue weighted by atomic mass is 16.4. The molecule has 0 amide bonds. The van der Waals surface area contributed by atoms with Gasteiger partial charge in [-0.3, -0.25) is 4.79 Å². The standard InChI is InChI=1S/C12H16N2O2/c1-9-2-3-11(13-8-9)14-6-4-10(5-7-14)12(15)16/h2-3,8,10H,4-7H2,1H3,(H,15,16). The van der Waals surface area contributed by atoms with Crippen LogP contribution in [0.5, 0.6) is 0 Å². The molecule has 0 spiro atoms. The maximum Gasteiger partial charge on any atom is 0.306 e. The molecule has 1 saturated heterocycles. The molecular formula is C12H16N2O2. The van der Waals surface area contributed by atoms with Crippen LogP contribution in [0.2, 0.25) is 0 Å². The number of carboxylic acid groups (broad SMARTS) is 1. The lowest BCUT2D eigenvalue weighted by Gasteiger charge is -2.30. The van der Waals surface area contributed by atoms with E-state index in [9.17, 15) is 4.79 Å². The first-order valence-corrected chi connectivity index (χ1v) is 5.57. The topological polar surface area (TPSA) is 53.4 Å². The molecule has 1 aromatic rings. The van der Waals surface area contributed by atoms with Crippen molar-refractivity contribution in [2.45, 2.75) is 19.8 Å². The molecular weight excluding hydrogens is 204 g/mol. The molecule has 4 heteroatoms. The molecule has 1 aliphatic rings. The molecule has 0 aliphatic carbocycles. The van der Waals surface area contributed by atoms with Gasteiger partial charge in [0.15, 0.2) is 0 Å². The molecule has 1 N–H and O–H groups in total. The largest absolute Gasteiger partial charge is 0.481 e. The average molecular weight is 220 g/mol. The molecule has 16 heavy (non-hydrogen) atoms. The first-order chi connectivity index (χ1) is 7.66. The highest BCUT2D eigenvalue weighted by molar-refractivity contribution is 5.70. The number of carboxylic acids is 1. The van der Waals surface area contributed by atoms with Crippen LogP contribution in [0.1, 0.15) is 18.4 Å². The summed E-state index contributed by atoms with van der Waals surface area (Å²) in [5.41, 5.74) is 1.14. The van der Waals surface area contributed by atoms with Crippen LogP contribution in [0, 0.1) is 12.8 Å². The van der Waals surface area contributed by atoms with E-state index in [1.165, 1.54) is 0 Å². The summed E-state index contributed by atoms with van der Waals surface area (Å²) in [4.78, 5) is 17.3. The number of hydrogen-bond donors (Lipinski definition) is 1. The molecule has 1 aromatic heterocycles. The summed E-state index contributed by atoms with van der Waals surface area (Å²) in [5.74, 6) is 0.104. The predicted octanol–water partition coefficient (Wildman–Crippen LogP) is 1.69. The molecule has 2 heterocycles. The highest BCUT2D eigenvalue weighted by Gasteiger charge is 2.24. The van der Waals surface area contributed by atoms with E-state index in [4.69, 9.17) is 5.11 Å². The van der Waals surface area contributed by atoms with Gasteiger partial charge in [0, 0.05) is 19.3 Å². The molecule has 2 rings (SSSR count). The van der Waals surface area contributed by atoms with Crippen LogP contribution in [0.4, 0.5) is 5.82 Å². The normalized spacial score (nSPS) is 17.4. The fourth-order valence-corrected chi connectivity index (χ4v) is 2.00. The zero-order chi connectivity index (χ0) is 11.5. The maximum absolute atomic E-state index is 10.8. The summed E-state index contributed by atoms with van der Waals surface area (Å²) >= 11 is 0. The number of carbonyl (C=O) groups is 1. The van der Waals surface area contributed by atoms with Crippen LogP contribution in [0.15, 0.2) is 18.3 Å². The summed E-state index contributed by atoms with van der Waals surface area (Å²) in [7, 11) is 0. The molecule has 1 fully saturated rings. The van der Waals surface area contributed by atoms with Crippen molar-refractivity contribution in [3.8, 4) is 0 Å². The SMILES string of the molecule is Cc1ccc(N2CCC(C(=O)O)CC2)nc1. The predicted molar refractivity (Wildman–Crippen MR) is 61.5 cm³/mol. The van der Waals surface area contributed by atoms with Crippen molar-refractivity contribution >= 4 is 11.8 Å². The van der Waals surface area contributed by atoms with Gasteiger partial charge in [-0.25, -0.2) is 4.98 Å². The number of hydrogen-bond acceptors (Lipinski definition) is 3. The maximum atomic E-state index is 10.8. The van der Waals surface area contributed by atoms with Gasteiger partial charge in [0.05, 0.1) is 5.92 Å². The number of anilines is 1. The zero-order valence-corrected chi connectivity index (χ0v) is 9.39. The van der Waals surface area contributed by atoms with E-state index in [-0.39, 0.29) is 5.92 Å². The number of rotatable bonds is 2. The fraction of sp³-hybridized carbons (Fsp3) is 0.500. The minimum absolute atomic E-state index is 0.179. The Balaban J connectivity index is 1.99. The number of aryl methyl sites for hydroxylation is 1. The van der Waals surface area contributed by atoms with Crippen molar-refractivity contribution in [1.82, 2.24) is 4.98 Å². The van der Waals surface area contributed by atoms with Crippen molar-refractivity contribution in [3.63, 3.8) is 0 Å². The van der Waals surface area contributed by atoms with Gasteiger partial charge in [-0.2, -0.15) is 0 Å². The first kappa shape index (κ1) is 10.9. The number of aliphatic carboxylic acids is 1. The van der Waals surface area contributed by atoms with Crippen LogP contribution in [-0.4, -0.2) is 29.1 Å². The second-order valence-corrected chi connectivity index (χ2v) is 4.29. The Hall–Kier alpha value is -1.58. The summed E-state index contributed by atoms with van der Waals surface area (Å²) in [6, 6.07) is 4.03. The first-order valence-electron chi connectivity index (χ1n) is 5.57. The van der Waals surface area contributed by atoms with Crippen LogP contribution >= 0.6 is 0 Å². The minimum Gasteiger partial charge on any atom is -0.481 e. The van der Waals surface area contributed by atoms with E-state index in [1.807, 2.05) is 25.3 Å². The molecule has 0 unspecified atom stereocenters. The lowest BCUT2D eigenvalue weighted by molar-refractivity contribution is -0.142. The number of piperidine rings is 1. The van der Waals surface area contributed by atoms with E-state index >= 15 is 0 Å². The Morgan fingerprint density at radius 2 is 2.12 bits per heavy atom. The van der Waals surface area contributed by atoms with Crippen molar-refractivity contribution in [2.24, 2.45) is 5.92 Å². The van der Waals surface area contributed by atoms with E-state index < -0.39 is 5.97 Å². The monoisotopic (exact) mass is 220 g/mol. The van der Waals surface area contributed by atoms with Gasteiger partial charge in [0.2, 0.25) is 0 Å². The summed E-state index contributed by atoms with van der Waals surface area (Å²) in [6.45, 7) is 3.58. The van der Waals surface area contributed by atoms with Crippen LogP contribution in [0.3, 0.4) is 0 Å². The van der Waals surface area contributed by atoms with Gasteiger partial charge in [-0.05, 0) is 31.4 Å². The van der Waals surface area contributed by atoms with Gasteiger partial charge >= 0.3 is 5.97 Å². The number of nitrogens with zero attached hydrogens (tertiary/aromatic N) is 2. The lowest BCUT2D eigenvalue weighted by atomic mass is 9.97. The van der Waals surface area contributed by atoms with E-state index in [0.29, 0.717) is 12.8 Å². The van der Waals surface area contributed by atoms with Crippen molar-refractivity contribution < 1.29 is 9.90 Å². The summed E-state index contributed by atoms with van der Waals surface area (Å²) < 4.78 is 0. The Kier molecular flexibility index (Phi) is 3.08. The van der Waals surface area contributed by atoms with Gasteiger partial charge < -0.3 is 10.0 Å². The molecule has 1 aliphatic heterocycles. The third-order valence-electron chi connectivity index (χ3n) is 3.06. The molecule has 4 nitrogen and oxygen atoms in total. The van der Waals surface area contributed by atoms with Crippen LogP contribution in [0.25, 0.3) is 0 Å². The van der Waals surface area contributed by atoms with E-state index in [1.54, 1.807) is 0 Å². The Bertz CT molecular complexity index is 367. The quantitative estimate of drug-likeness (QED) is 0.824. The van der Waals surface area contributed by atoms with Crippen LogP contribution in [-0.2, 0) is 4.79 Å². The molecule has 0 bridgehead atoms. The molecule has 86 valence electrons. The lowest BCUT2D eigenvalue weighted by Crippen LogP contribution is -2.36. The molecule has 0 saturated carbocycles. The van der Waals surface area contributed by atoms with Gasteiger partial charge in [0.25, 0.3) is 0 Å². The Morgan fingerprint density at radius 3 is 2.62 bits per heavy atom. The molecule has 0 radical (unpaired) electrons. The Labute approximate surface area is 94.9 Å².